The zero-order valence-corrected chi connectivity index (χ0v) is 22.5. The maximum Gasteiger partial charge on any atom is 0.429 e. The summed E-state index contributed by atoms with van der Waals surface area (Å²) in [6.45, 7) is 6.91. The molecule has 3 rings (SSSR count). The van der Waals surface area contributed by atoms with Crippen molar-refractivity contribution < 1.29 is 37.3 Å². The van der Waals surface area contributed by atoms with E-state index in [0.717, 1.165) is 0 Å². The lowest BCUT2D eigenvalue weighted by Crippen LogP contribution is -2.41. The normalized spacial score (nSPS) is 20.7. The third-order valence-corrected chi connectivity index (χ3v) is 7.10. The third kappa shape index (κ3) is 7.99. The van der Waals surface area contributed by atoms with E-state index in [9.17, 15) is 23.1 Å². The van der Waals surface area contributed by atoms with Crippen molar-refractivity contribution in [1.29, 1.82) is 0 Å². The first-order chi connectivity index (χ1) is 18.4. The van der Waals surface area contributed by atoms with E-state index in [1.165, 1.54) is 25.3 Å². The van der Waals surface area contributed by atoms with E-state index >= 15 is 0 Å². The number of piperidine rings is 1. The number of carbonyl (C=O) groups is 1. The molecule has 0 unspecified atom stereocenters. The fraction of sp³-hybridized carbons (Fsp3) is 0.560. The van der Waals surface area contributed by atoms with Gasteiger partial charge in [-0.1, -0.05) is 24.3 Å². The molecule has 0 saturated carbocycles. The Labute approximate surface area is 229 Å². The molecule has 0 bridgehead atoms. The van der Waals surface area contributed by atoms with Crippen molar-refractivity contribution >= 4 is 29.3 Å². The molecule has 1 spiro atoms. The largest absolute Gasteiger partial charge is 0.491 e. The van der Waals surface area contributed by atoms with Crippen LogP contribution in [-0.2, 0) is 14.3 Å². The Morgan fingerprint density at radius 2 is 2.08 bits per heavy atom. The molecular weight excluding hydrogens is 543 g/mol. The minimum Gasteiger partial charge on any atom is -0.491 e. The van der Waals surface area contributed by atoms with Gasteiger partial charge in [0.2, 0.25) is 17.9 Å². The van der Waals surface area contributed by atoms with Crippen LogP contribution in [0.2, 0.25) is 0 Å². The molecule has 0 amide bonds. The summed E-state index contributed by atoms with van der Waals surface area (Å²) in [7, 11) is 1.43. The van der Waals surface area contributed by atoms with E-state index < -0.39 is 29.9 Å². The molecule has 0 aromatic carbocycles. The minimum atomic E-state index is -4.88. The molecule has 2 atom stereocenters. The van der Waals surface area contributed by atoms with Crippen molar-refractivity contribution in [3.05, 3.63) is 41.2 Å². The monoisotopic (exact) mass is 575 g/mol. The number of carboxylic acids is 1. The summed E-state index contributed by atoms with van der Waals surface area (Å²) in [5.74, 6) is -1.43. The SMILES string of the molecule is C=C(/C(=C\C(Cl)=C/C)OCCOC)[C@@H](Oc1cc(N2CCC3(CC2)CN[C@H](C(=O)O)C3)nc(N)n1)C(F)(F)F. The number of aromatic nitrogens is 2. The van der Waals surface area contributed by atoms with Crippen LogP contribution in [0.4, 0.5) is 24.9 Å². The second-order valence-corrected chi connectivity index (χ2v) is 9.91. The number of hydrogen-bond acceptors (Lipinski definition) is 9. The van der Waals surface area contributed by atoms with Gasteiger partial charge in [-0.3, -0.25) is 4.79 Å². The van der Waals surface area contributed by atoms with Gasteiger partial charge in [-0.2, -0.15) is 23.1 Å². The number of anilines is 2. The van der Waals surface area contributed by atoms with Crippen LogP contribution in [0.3, 0.4) is 0 Å². The molecule has 2 aliphatic rings. The Balaban J connectivity index is 1.79. The van der Waals surface area contributed by atoms with E-state index in [-0.39, 0.29) is 41.2 Å². The number of rotatable bonds is 11. The number of methoxy groups -OCH3 is 1. The number of nitrogens with two attached hydrogens (primary N) is 1. The average Bonchev–Trinajstić information content (AvgIpc) is 3.29. The number of nitrogens with one attached hydrogen (secondary N) is 1. The lowest BCUT2D eigenvalue weighted by molar-refractivity contribution is -0.184. The number of ether oxygens (including phenoxy) is 3. The summed E-state index contributed by atoms with van der Waals surface area (Å²) in [5.41, 5.74) is 5.16. The molecule has 39 heavy (non-hydrogen) atoms. The zero-order chi connectivity index (χ0) is 28.8. The zero-order valence-electron chi connectivity index (χ0n) is 21.8. The Hall–Kier alpha value is -3.03. The molecule has 0 aliphatic carbocycles. The average molecular weight is 576 g/mol. The molecule has 2 saturated heterocycles. The van der Waals surface area contributed by atoms with Crippen LogP contribution in [0.5, 0.6) is 5.88 Å². The van der Waals surface area contributed by atoms with Crippen LogP contribution in [0, 0.1) is 5.41 Å². The molecule has 216 valence electrons. The van der Waals surface area contributed by atoms with Gasteiger partial charge < -0.3 is 35.3 Å². The summed E-state index contributed by atoms with van der Waals surface area (Å²) < 4.78 is 58.2. The predicted octanol–water partition coefficient (Wildman–Crippen LogP) is 3.65. The highest BCUT2D eigenvalue weighted by molar-refractivity contribution is 6.31. The number of nitrogen functional groups attached to an aromatic ring is 1. The van der Waals surface area contributed by atoms with Crippen LogP contribution in [-0.4, -0.2) is 79.3 Å². The van der Waals surface area contributed by atoms with Crippen molar-refractivity contribution in [2.75, 3.05) is 50.6 Å². The number of aliphatic carboxylic acids is 1. The highest BCUT2D eigenvalue weighted by Crippen LogP contribution is 2.41. The van der Waals surface area contributed by atoms with E-state index in [0.29, 0.717) is 44.7 Å². The van der Waals surface area contributed by atoms with Gasteiger partial charge in [0.1, 0.15) is 24.2 Å². The fourth-order valence-electron chi connectivity index (χ4n) is 4.59. The van der Waals surface area contributed by atoms with Crippen LogP contribution >= 0.6 is 11.6 Å². The number of allylic oxidation sites excluding steroid dienone is 3. The van der Waals surface area contributed by atoms with Crippen LogP contribution < -0.4 is 20.7 Å². The number of nitrogens with zero attached hydrogens (tertiary/aromatic N) is 3. The number of hydrogen-bond donors (Lipinski definition) is 3. The molecule has 1 aromatic heterocycles. The highest BCUT2D eigenvalue weighted by Gasteiger charge is 2.46. The van der Waals surface area contributed by atoms with Crippen molar-refractivity contribution in [3.63, 3.8) is 0 Å². The van der Waals surface area contributed by atoms with Gasteiger partial charge in [-0.15, -0.1) is 0 Å². The summed E-state index contributed by atoms with van der Waals surface area (Å²) in [6.07, 6.45) is -2.80. The van der Waals surface area contributed by atoms with Gasteiger partial charge in [0.25, 0.3) is 0 Å². The molecule has 14 heteroatoms. The van der Waals surface area contributed by atoms with Crippen molar-refractivity contribution in [2.45, 2.75) is 44.5 Å². The van der Waals surface area contributed by atoms with Crippen molar-refractivity contribution in [2.24, 2.45) is 5.41 Å². The van der Waals surface area contributed by atoms with E-state index in [1.54, 1.807) is 6.92 Å². The van der Waals surface area contributed by atoms with Crippen LogP contribution in [0.15, 0.2) is 41.2 Å². The quantitative estimate of drug-likeness (QED) is 0.204. The fourth-order valence-corrected chi connectivity index (χ4v) is 4.69. The minimum absolute atomic E-state index is 0.0381. The first-order valence-electron chi connectivity index (χ1n) is 12.3. The Bertz CT molecular complexity index is 1110. The summed E-state index contributed by atoms with van der Waals surface area (Å²) in [4.78, 5) is 21.3. The molecule has 2 fully saturated rings. The first kappa shape index (κ1) is 30.5. The number of carboxylic acid groups (broad SMARTS) is 1. The van der Waals surface area contributed by atoms with Gasteiger partial charge in [0, 0.05) is 43.4 Å². The van der Waals surface area contributed by atoms with E-state index in [1.807, 2.05) is 4.90 Å². The molecule has 4 N–H and O–H groups in total. The molecule has 3 heterocycles. The Morgan fingerprint density at radius 1 is 1.38 bits per heavy atom. The third-order valence-electron chi connectivity index (χ3n) is 6.77. The van der Waals surface area contributed by atoms with Gasteiger partial charge in [-0.05, 0) is 37.7 Å². The van der Waals surface area contributed by atoms with Crippen molar-refractivity contribution in [1.82, 2.24) is 15.3 Å². The summed E-state index contributed by atoms with van der Waals surface area (Å²) >= 11 is 6.03. The molecule has 2 aliphatic heterocycles. The lowest BCUT2D eigenvalue weighted by Gasteiger charge is -2.39. The second-order valence-electron chi connectivity index (χ2n) is 9.47. The number of alkyl halides is 3. The standard InChI is InChI=1S/C25H33ClF3N5O5/c1-4-16(26)11-18(38-10-9-37-3)15(2)21(25(27,28)29)39-20-12-19(32-23(30)33-20)34-7-5-24(6-8-34)13-17(22(35)36)31-14-24/h4,11-12,17,21,31H,2,5-10,13-14H2,1,3H3,(H,35,36)(H2,30,32,33)/b16-4+,18-11+/t17-,21+/m0/s1. The molecule has 0 radical (unpaired) electrons. The van der Waals surface area contributed by atoms with Gasteiger partial charge in [0.05, 0.1) is 6.61 Å². The predicted molar refractivity (Wildman–Crippen MR) is 139 cm³/mol. The Morgan fingerprint density at radius 3 is 2.64 bits per heavy atom. The summed E-state index contributed by atoms with van der Waals surface area (Å²) in [6, 6.07) is 0.709. The van der Waals surface area contributed by atoms with Gasteiger partial charge in [0.15, 0.2) is 0 Å². The smallest absolute Gasteiger partial charge is 0.429 e. The van der Waals surface area contributed by atoms with Gasteiger partial charge in [-0.25, -0.2) is 0 Å². The number of halogens is 4. The van der Waals surface area contributed by atoms with E-state index in [2.05, 4.69) is 21.9 Å². The molecule has 1 aromatic rings. The first-order valence-corrected chi connectivity index (χ1v) is 12.7. The van der Waals surface area contributed by atoms with Crippen molar-refractivity contribution in [3.8, 4) is 5.88 Å². The summed E-state index contributed by atoms with van der Waals surface area (Å²) in [5, 5.41) is 12.5. The molecular formula is C25H33ClF3N5O5. The topological polar surface area (TPSA) is 132 Å². The Kier molecular flexibility index (Phi) is 10.1. The maximum atomic E-state index is 14.2. The van der Waals surface area contributed by atoms with Crippen LogP contribution in [0.25, 0.3) is 0 Å². The van der Waals surface area contributed by atoms with E-state index in [4.69, 9.17) is 31.5 Å². The lowest BCUT2D eigenvalue weighted by atomic mass is 9.76. The highest BCUT2D eigenvalue weighted by atomic mass is 35.5. The van der Waals surface area contributed by atoms with Gasteiger partial charge >= 0.3 is 12.1 Å². The van der Waals surface area contributed by atoms with Crippen LogP contribution in [0.1, 0.15) is 26.2 Å². The second kappa shape index (κ2) is 12.9. The molecule has 10 nitrogen and oxygen atoms in total. The maximum absolute atomic E-state index is 14.2.